The van der Waals surface area contributed by atoms with Crippen LogP contribution < -0.4 is 5.32 Å². The van der Waals surface area contributed by atoms with E-state index in [1.54, 1.807) is 0 Å². The summed E-state index contributed by atoms with van der Waals surface area (Å²) in [5.41, 5.74) is -0.166. The molecule has 27 heavy (non-hydrogen) atoms. The van der Waals surface area contributed by atoms with Crippen molar-refractivity contribution in [3.05, 3.63) is 35.4 Å². The maximum absolute atomic E-state index is 13.7. The lowest BCUT2D eigenvalue weighted by Crippen LogP contribution is -2.43. The number of piperidine rings is 1. The van der Waals surface area contributed by atoms with Gasteiger partial charge < -0.3 is 15.3 Å². The van der Waals surface area contributed by atoms with Crippen LogP contribution in [0.1, 0.15) is 48.9 Å². The smallest absolute Gasteiger partial charge is 0.303 e. The number of unbranched alkanes of at least 4 members (excludes halogenated alkanes) is 2. The van der Waals surface area contributed by atoms with E-state index in [-0.39, 0.29) is 23.8 Å². The first-order chi connectivity index (χ1) is 12.9. The van der Waals surface area contributed by atoms with Gasteiger partial charge >= 0.3 is 5.97 Å². The minimum absolute atomic E-state index is 0.0757. The lowest BCUT2D eigenvalue weighted by molar-refractivity contribution is -0.137. The van der Waals surface area contributed by atoms with Gasteiger partial charge in [0.1, 0.15) is 11.6 Å². The van der Waals surface area contributed by atoms with Crippen molar-refractivity contribution in [3.63, 3.8) is 0 Å². The third kappa shape index (κ3) is 6.30. The fourth-order valence-corrected chi connectivity index (χ4v) is 3.11. The highest BCUT2D eigenvalue weighted by molar-refractivity contribution is 5.94. The molecule has 0 saturated carbocycles. The second-order valence-electron chi connectivity index (χ2n) is 6.69. The van der Waals surface area contributed by atoms with Gasteiger partial charge in [-0.05, 0) is 37.8 Å². The summed E-state index contributed by atoms with van der Waals surface area (Å²) in [5, 5.41) is 11.4. The quantitative estimate of drug-likeness (QED) is 0.677. The number of amides is 2. The second-order valence-corrected chi connectivity index (χ2v) is 6.69. The highest BCUT2D eigenvalue weighted by Gasteiger charge is 2.28. The molecule has 1 aromatic carbocycles. The van der Waals surface area contributed by atoms with Crippen molar-refractivity contribution in [1.82, 2.24) is 10.2 Å². The number of carboxylic acids is 1. The van der Waals surface area contributed by atoms with E-state index >= 15 is 0 Å². The van der Waals surface area contributed by atoms with E-state index in [1.165, 1.54) is 4.90 Å². The first-order valence-corrected chi connectivity index (χ1v) is 9.12. The van der Waals surface area contributed by atoms with E-state index in [0.717, 1.165) is 25.0 Å². The summed E-state index contributed by atoms with van der Waals surface area (Å²) in [6.07, 6.45) is 3.16. The van der Waals surface area contributed by atoms with Crippen LogP contribution >= 0.6 is 0 Å². The van der Waals surface area contributed by atoms with Crippen molar-refractivity contribution in [2.45, 2.75) is 38.5 Å². The van der Waals surface area contributed by atoms with Crippen molar-refractivity contribution in [3.8, 4) is 0 Å². The normalized spacial score (nSPS) is 14.8. The minimum atomic E-state index is -0.886. The number of nitrogens with one attached hydrogen (secondary N) is 1. The van der Waals surface area contributed by atoms with Crippen LogP contribution in [-0.4, -0.2) is 47.4 Å². The summed E-state index contributed by atoms with van der Waals surface area (Å²) in [5.74, 6) is -3.21. The molecule has 0 aliphatic carbocycles. The molecule has 0 radical (unpaired) electrons. The zero-order chi connectivity index (χ0) is 19.8. The van der Waals surface area contributed by atoms with Gasteiger partial charge in [0.05, 0.1) is 5.56 Å². The fourth-order valence-electron chi connectivity index (χ4n) is 3.11. The van der Waals surface area contributed by atoms with Gasteiger partial charge in [-0.15, -0.1) is 0 Å². The van der Waals surface area contributed by atoms with Crippen LogP contribution in [0.4, 0.5) is 8.78 Å². The lowest BCUT2D eigenvalue weighted by Gasteiger charge is -2.31. The number of benzene rings is 1. The first kappa shape index (κ1) is 20.8. The molecular formula is C19H24F2N2O4. The van der Waals surface area contributed by atoms with Gasteiger partial charge in [0.2, 0.25) is 5.91 Å². The van der Waals surface area contributed by atoms with Crippen LogP contribution in [0.2, 0.25) is 0 Å². The molecule has 1 fully saturated rings. The van der Waals surface area contributed by atoms with E-state index in [4.69, 9.17) is 5.11 Å². The third-order valence-corrected chi connectivity index (χ3v) is 4.68. The Bertz CT molecular complexity index is 688. The molecule has 8 heteroatoms. The largest absolute Gasteiger partial charge is 0.481 e. The van der Waals surface area contributed by atoms with Gasteiger partial charge in [-0.2, -0.15) is 0 Å². The molecule has 1 saturated heterocycles. The summed E-state index contributed by atoms with van der Waals surface area (Å²) in [6, 6.07) is 2.87. The molecule has 1 aliphatic rings. The molecular weight excluding hydrogens is 358 g/mol. The van der Waals surface area contributed by atoms with Gasteiger partial charge in [0, 0.05) is 38.0 Å². The fraction of sp³-hybridized carbons (Fsp3) is 0.526. The topological polar surface area (TPSA) is 86.7 Å². The molecule has 2 N–H and O–H groups in total. The molecule has 1 aromatic rings. The van der Waals surface area contributed by atoms with Gasteiger partial charge in [0.15, 0.2) is 0 Å². The molecule has 2 rings (SSSR count). The summed E-state index contributed by atoms with van der Waals surface area (Å²) >= 11 is 0. The first-order valence-electron chi connectivity index (χ1n) is 9.12. The van der Waals surface area contributed by atoms with E-state index in [2.05, 4.69) is 5.32 Å². The molecule has 0 unspecified atom stereocenters. The van der Waals surface area contributed by atoms with Crippen LogP contribution in [-0.2, 0) is 9.59 Å². The Morgan fingerprint density at radius 3 is 2.44 bits per heavy atom. The molecule has 1 heterocycles. The summed E-state index contributed by atoms with van der Waals surface area (Å²) in [7, 11) is 0. The second kappa shape index (κ2) is 9.99. The van der Waals surface area contributed by atoms with Crippen LogP contribution in [0, 0.1) is 17.6 Å². The number of nitrogens with zero attached hydrogens (tertiary/aromatic N) is 1. The molecule has 0 atom stereocenters. The minimum Gasteiger partial charge on any atom is -0.481 e. The zero-order valence-electron chi connectivity index (χ0n) is 15.0. The number of hydrogen-bond donors (Lipinski definition) is 2. The van der Waals surface area contributed by atoms with Crippen molar-refractivity contribution in [2.24, 2.45) is 5.92 Å². The summed E-state index contributed by atoms with van der Waals surface area (Å²) in [4.78, 5) is 36.4. The number of carbonyl (C=O) groups is 3. The number of halogens is 2. The molecule has 1 aliphatic heterocycles. The van der Waals surface area contributed by atoms with Crippen LogP contribution in [0.15, 0.2) is 18.2 Å². The van der Waals surface area contributed by atoms with Crippen molar-refractivity contribution >= 4 is 17.8 Å². The van der Waals surface area contributed by atoms with Crippen LogP contribution in [0.25, 0.3) is 0 Å². The number of hydrogen-bond acceptors (Lipinski definition) is 3. The van der Waals surface area contributed by atoms with Crippen molar-refractivity contribution in [2.75, 3.05) is 19.6 Å². The lowest BCUT2D eigenvalue weighted by atomic mass is 9.95. The van der Waals surface area contributed by atoms with E-state index < -0.39 is 23.5 Å². The van der Waals surface area contributed by atoms with E-state index in [1.807, 2.05) is 0 Å². The number of carboxylic acid groups (broad SMARTS) is 1. The van der Waals surface area contributed by atoms with Crippen LogP contribution in [0.5, 0.6) is 0 Å². The van der Waals surface area contributed by atoms with Crippen LogP contribution in [0.3, 0.4) is 0 Å². The Labute approximate surface area is 156 Å². The highest BCUT2D eigenvalue weighted by Crippen LogP contribution is 2.20. The molecule has 0 aromatic heterocycles. The third-order valence-electron chi connectivity index (χ3n) is 4.68. The van der Waals surface area contributed by atoms with Gasteiger partial charge in [-0.3, -0.25) is 14.4 Å². The average Bonchev–Trinajstić information content (AvgIpc) is 2.64. The molecule has 0 bridgehead atoms. The Kier molecular flexibility index (Phi) is 7.69. The standard InChI is InChI=1S/C19H24F2N2O4/c20-14-5-6-15(16(21)12-14)19(27)23-10-7-13(8-11-23)18(26)22-9-3-1-2-4-17(24)25/h5-6,12-13H,1-4,7-11H2,(H,22,26)(H,24,25). The maximum Gasteiger partial charge on any atom is 0.303 e. The Morgan fingerprint density at radius 2 is 1.81 bits per heavy atom. The zero-order valence-corrected chi connectivity index (χ0v) is 15.0. The van der Waals surface area contributed by atoms with Gasteiger partial charge in [0.25, 0.3) is 5.91 Å². The van der Waals surface area contributed by atoms with E-state index in [9.17, 15) is 23.2 Å². The molecule has 6 nitrogen and oxygen atoms in total. The number of carbonyl (C=O) groups excluding carboxylic acids is 2. The SMILES string of the molecule is O=C(O)CCCCCNC(=O)C1CCN(C(=O)c2ccc(F)cc2F)CC1. The predicted molar refractivity (Wildman–Crippen MR) is 94.1 cm³/mol. The molecule has 0 spiro atoms. The maximum atomic E-state index is 13.7. The van der Waals surface area contributed by atoms with Crippen molar-refractivity contribution in [1.29, 1.82) is 0 Å². The van der Waals surface area contributed by atoms with Gasteiger partial charge in [-0.25, -0.2) is 8.78 Å². The molecule has 2 amide bonds. The molecule has 148 valence electrons. The Balaban J connectivity index is 1.72. The number of rotatable bonds is 8. The highest BCUT2D eigenvalue weighted by atomic mass is 19.1. The average molecular weight is 382 g/mol. The van der Waals surface area contributed by atoms with Gasteiger partial charge in [-0.1, -0.05) is 6.42 Å². The number of likely N-dealkylation sites (tertiary alicyclic amines) is 1. The summed E-state index contributed by atoms with van der Waals surface area (Å²) in [6.45, 7) is 1.18. The van der Waals surface area contributed by atoms with Crippen molar-refractivity contribution < 1.29 is 28.3 Å². The Morgan fingerprint density at radius 1 is 1.11 bits per heavy atom. The number of aliphatic carboxylic acids is 1. The predicted octanol–water partition coefficient (Wildman–Crippen LogP) is 2.58. The Hall–Kier alpha value is -2.51. The summed E-state index contributed by atoms with van der Waals surface area (Å²) < 4.78 is 26.7. The monoisotopic (exact) mass is 382 g/mol. The van der Waals surface area contributed by atoms with E-state index in [0.29, 0.717) is 45.0 Å².